The molecule has 1 aliphatic rings. The first-order valence-electron chi connectivity index (χ1n) is 5.22. The van der Waals surface area contributed by atoms with E-state index in [1.807, 2.05) is 18.2 Å². The molecule has 1 heterocycles. The van der Waals surface area contributed by atoms with Gasteiger partial charge >= 0.3 is 0 Å². The average molecular weight is 303 g/mol. The van der Waals surface area contributed by atoms with Crippen LogP contribution in [0.15, 0.2) is 27.7 Å². The molecule has 5 heteroatoms. The lowest BCUT2D eigenvalue weighted by molar-refractivity contribution is 0.702. The highest BCUT2D eigenvalue weighted by Crippen LogP contribution is 2.21. The summed E-state index contributed by atoms with van der Waals surface area (Å²) in [6, 6.07) is 5.89. The minimum Gasteiger partial charge on any atom is -0.356 e. The van der Waals surface area contributed by atoms with Gasteiger partial charge in [0.15, 0.2) is 5.96 Å². The molecule has 3 nitrogen and oxygen atoms in total. The fourth-order valence-corrected chi connectivity index (χ4v) is 2.24. The Labute approximate surface area is 108 Å². The topological polar surface area (TPSA) is 36.4 Å². The lowest BCUT2D eigenvalue weighted by Crippen LogP contribution is -2.40. The average Bonchev–Trinajstić information content (AvgIpc) is 2.29. The van der Waals surface area contributed by atoms with Crippen molar-refractivity contribution in [2.24, 2.45) is 4.99 Å². The second-order valence-electron chi connectivity index (χ2n) is 3.60. The van der Waals surface area contributed by atoms with Gasteiger partial charge in [0.05, 0.1) is 0 Å². The van der Waals surface area contributed by atoms with Gasteiger partial charge in [0, 0.05) is 29.1 Å². The highest BCUT2D eigenvalue weighted by molar-refractivity contribution is 9.10. The van der Waals surface area contributed by atoms with Gasteiger partial charge in [-0.05, 0) is 24.1 Å². The second-order valence-corrected chi connectivity index (χ2v) is 4.92. The molecular formula is C11H13BrClN3. The van der Waals surface area contributed by atoms with Crippen LogP contribution in [0.25, 0.3) is 0 Å². The summed E-state index contributed by atoms with van der Waals surface area (Å²) in [7, 11) is 0. The largest absolute Gasteiger partial charge is 0.356 e. The first-order valence-corrected chi connectivity index (χ1v) is 6.39. The van der Waals surface area contributed by atoms with Crippen molar-refractivity contribution in [1.82, 2.24) is 10.6 Å². The second kappa shape index (κ2) is 5.55. The number of guanidine groups is 1. The number of rotatable bonds is 2. The molecule has 1 aromatic rings. The van der Waals surface area contributed by atoms with E-state index in [0.29, 0.717) is 6.54 Å². The van der Waals surface area contributed by atoms with E-state index in [4.69, 9.17) is 11.6 Å². The highest BCUT2D eigenvalue weighted by Gasteiger charge is 2.05. The molecule has 0 unspecified atom stereocenters. The van der Waals surface area contributed by atoms with Crippen molar-refractivity contribution in [3.8, 4) is 0 Å². The Balaban J connectivity index is 1.96. The van der Waals surface area contributed by atoms with Crippen LogP contribution in [0.1, 0.15) is 12.0 Å². The number of hydrogen-bond donors (Lipinski definition) is 2. The summed E-state index contributed by atoms with van der Waals surface area (Å²) in [5.74, 6) is 0.866. The zero-order chi connectivity index (χ0) is 11.4. The van der Waals surface area contributed by atoms with Gasteiger partial charge in [-0.2, -0.15) is 0 Å². The van der Waals surface area contributed by atoms with E-state index in [2.05, 4.69) is 31.6 Å². The molecule has 0 fully saturated rings. The molecule has 1 aromatic carbocycles. The SMILES string of the molecule is Clc1cc(Br)ccc1CNC1=NCCCN1. The molecule has 0 saturated heterocycles. The van der Waals surface area contributed by atoms with Gasteiger partial charge in [-0.15, -0.1) is 0 Å². The van der Waals surface area contributed by atoms with Crippen LogP contribution in [-0.2, 0) is 6.54 Å². The predicted molar refractivity (Wildman–Crippen MR) is 70.9 cm³/mol. The van der Waals surface area contributed by atoms with Crippen LogP contribution in [0.3, 0.4) is 0 Å². The third-order valence-electron chi connectivity index (χ3n) is 2.36. The molecule has 0 bridgehead atoms. The molecule has 0 aromatic heterocycles. The lowest BCUT2D eigenvalue weighted by atomic mass is 10.2. The summed E-state index contributed by atoms with van der Waals surface area (Å²) in [5, 5.41) is 7.21. The van der Waals surface area contributed by atoms with Crippen LogP contribution in [0.2, 0.25) is 5.02 Å². The molecule has 1 aliphatic heterocycles. The van der Waals surface area contributed by atoms with Crippen LogP contribution >= 0.6 is 27.5 Å². The van der Waals surface area contributed by atoms with Gasteiger partial charge in [-0.1, -0.05) is 33.6 Å². The predicted octanol–water partition coefficient (Wildman–Crippen LogP) is 2.54. The number of halogens is 2. The van der Waals surface area contributed by atoms with E-state index in [9.17, 15) is 0 Å². The summed E-state index contributed by atoms with van der Waals surface area (Å²) in [6.45, 7) is 2.57. The Kier molecular flexibility index (Phi) is 4.07. The fraction of sp³-hybridized carbons (Fsp3) is 0.364. The molecule has 0 aliphatic carbocycles. The van der Waals surface area contributed by atoms with Crippen molar-refractivity contribution in [1.29, 1.82) is 0 Å². The number of benzene rings is 1. The summed E-state index contributed by atoms with van der Waals surface area (Å²) < 4.78 is 0.995. The van der Waals surface area contributed by atoms with E-state index in [-0.39, 0.29) is 0 Å². The number of nitrogens with one attached hydrogen (secondary N) is 2. The number of nitrogens with zero attached hydrogens (tertiary/aromatic N) is 1. The molecule has 86 valence electrons. The minimum absolute atomic E-state index is 0.692. The Hall–Kier alpha value is -0.740. The Morgan fingerprint density at radius 1 is 1.50 bits per heavy atom. The van der Waals surface area contributed by atoms with E-state index < -0.39 is 0 Å². The molecule has 2 rings (SSSR count). The third-order valence-corrected chi connectivity index (χ3v) is 3.20. The third kappa shape index (κ3) is 3.12. The first kappa shape index (κ1) is 11.7. The standard InChI is InChI=1S/C11H13BrClN3/c12-9-3-2-8(10(13)6-9)7-16-11-14-4-1-5-15-11/h2-3,6H,1,4-5,7H2,(H2,14,15,16). The van der Waals surface area contributed by atoms with Gasteiger partial charge < -0.3 is 10.6 Å². The van der Waals surface area contributed by atoms with Gasteiger partial charge in [0.1, 0.15) is 0 Å². The van der Waals surface area contributed by atoms with Crippen LogP contribution in [0.4, 0.5) is 0 Å². The number of aliphatic imine (C=N–C) groups is 1. The van der Waals surface area contributed by atoms with Gasteiger partial charge in [-0.3, -0.25) is 4.99 Å². The summed E-state index contributed by atoms with van der Waals surface area (Å²) in [4.78, 5) is 4.33. The fourth-order valence-electron chi connectivity index (χ4n) is 1.50. The van der Waals surface area contributed by atoms with Crippen molar-refractivity contribution in [2.75, 3.05) is 13.1 Å². The summed E-state index contributed by atoms with van der Waals surface area (Å²) >= 11 is 9.50. The molecule has 0 amide bonds. The van der Waals surface area contributed by atoms with E-state index in [1.165, 1.54) is 0 Å². The Morgan fingerprint density at radius 3 is 3.06 bits per heavy atom. The summed E-state index contributed by atoms with van der Waals surface area (Å²) in [6.07, 6.45) is 1.10. The van der Waals surface area contributed by atoms with Crippen molar-refractivity contribution >= 4 is 33.5 Å². The Bertz CT molecular complexity index is 406. The molecule has 16 heavy (non-hydrogen) atoms. The zero-order valence-electron chi connectivity index (χ0n) is 8.76. The maximum Gasteiger partial charge on any atom is 0.191 e. The maximum absolute atomic E-state index is 6.12. The quantitative estimate of drug-likeness (QED) is 0.881. The summed E-state index contributed by atoms with van der Waals surface area (Å²) in [5.41, 5.74) is 1.07. The van der Waals surface area contributed by atoms with Crippen LogP contribution in [0.5, 0.6) is 0 Å². The normalized spacial score (nSPS) is 15.2. The first-order chi connectivity index (χ1) is 7.75. The van der Waals surface area contributed by atoms with E-state index in [1.54, 1.807) is 0 Å². The molecule has 0 spiro atoms. The minimum atomic E-state index is 0.692. The van der Waals surface area contributed by atoms with Crippen molar-refractivity contribution in [3.63, 3.8) is 0 Å². The van der Waals surface area contributed by atoms with Crippen LogP contribution < -0.4 is 10.6 Å². The monoisotopic (exact) mass is 301 g/mol. The van der Waals surface area contributed by atoms with Gasteiger partial charge in [-0.25, -0.2) is 0 Å². The van der Waals surface area contributed by atoms with Crippen molar-refractivity contribution in [3.05, 3.63) is 33.3 Å². The van der Waals surface area contributed by atoms with Crippen molar-refractivity contribution in [2.45, 2.75) is 13.0 Å². The molecule has 0 radical (unpaired) electrons. The van der Waals surface area contributed by atoms with Gasteiger partial charge in [0.25, 0.3) is 0 Å². The van der Waals surface area contributed by atoms with E-state index >= 15 is 0 Å². The highest BCUT2D eigenvalue weighted by atomic mass is 79.9. The number of hydrogen-bond acceptors (Lipinski definition) is 3. The molecule has 2 N–H and O–H groups in total. The smallest absolute Gasteiger partial charge is 0.191 e. The molecule has 0 atom stereocenters. The Morgan fingerprint density at radius 2 is 2.38 bits per heavy atom. The van der Waals surface area contributed by atoms with Crippen LogP contribution in [-0.4, -0.2) is 19.0 Å². The lowest BCUT2D eigenvalue weighted by Gasteiger charge is -2.16. The maximum atomic E-state index is 6.12. The molecule has 0 saturated carbocycles. The molecular weight excluding hydrogens is 289 g/mol. The van der Waals surface area contributed by atoms with Crippen molar-refractivity contribution < 1.29 is 0 Å². The van der Waals surface area contributed by atoms with Crippen LogP contribution in [0, 0.1) is 0 Å². The van der Waals surface area contributed by atoms with E-state index in [0.717, 1.165) is 40.5 Å². The van der Waals surface area contributed by atoms with Gasteiger partial charge in [0.2, 0.25) is 0 Å². The zero-order valence-corrected chi connectivity index (χ0v) is 11.1.